The summed E-state index contributed by atoms with van der Waals surface area (Å²) in [5.41, 5.74) is -1.05. The van der Waals surface area contributed by atoms with E-state index in [1.165, 1.54) is 13.2 Å². The predicted octanol–water partition coefficient (Wildman–Crippen LogP) is 3.72. The van der Waals surface area contributed by atoms with Gasteiger partial charge in [0.2, 0.25) is 0 Å². The number of allylic oxidation sites excluding steroid dienone is 5. The fraction of sp³-hybridized carbons (Fsp3) is 0.263. The number of carboxylic acids is 1. The predicted molar refractivity (Wildman–Crippen MR) is 90.0 cm³/mol. The van der Waals surface area contributed by atoms with Crippen LogP contribution in [0.1, 0.15) is 24.8 Å². The Labute approximate surface area is 136 Å². The molecule has 0 aromatic heterocycles. The first kappa shape index (κ1) is 18.4. The smallest absolute Gasteiger partial charge is 0.324 e. The first-order chi connectivity index (χ1) is 11.0. The van der Waals surface area contributed by atoms with Gasteiger partial charge in [0.05, 0.1) is 7.11 Å². The maximum atomic E-state index is 12.4. The van der Waals surface area contributed by atoms with Crippen molar-refractivity contribution in [2.45, 2.75) is 19.3 Å². The molecule has 0 aliphatic carbocycles. The molecule has 1 rings (SSSR count). The number of carbonyl (C=O) groups is 2. The monoisotopic (exact) mass is 314 g/mol. The lowest BCUT2D eigenvalue weighted by Crippen LogP contribution is -2.44. The van der Waals surface area contributed by atoms with Crippen LogP contribution < -0.4 is 0 Å². The number of hydrogen-bond donors (Lipinski definition) is 1. The second-order valence-corrected chi connectivity index (χ2v) is 5.05. The summed E-state index contributed by atoms with van der Waals surface area (Å²) in [5.74, 6) is -2.73. The minimum absolute atomic E-state index is 0.00489. The summed E-state index contributed by atoms with van der Waals surface area (Å²) in [4.78, 5) is 24.5. The lowest BCUT2D eigenvalue weighted by Gasteiger charge is -2.32. The minimum atomic E-state index is -1.75. The molecule has 0 amide bonds. The van der Waals surface area contributed by atoms with E-state index in [2.05, 4.69) is 6.58 Å². The Morgan fingerprint density at radius 1 is 1.30 bits per heavy atom. The molecule has 122 valence electrons. The molecule has 0 fully saturated rings. The molecule has 0 aliphatic rings. The molecule has 23 heavy (non-hydrogen) atoms. The average Bonchev–Trinajstić information content (AvgIpc) is 2.57. The molecule has 0 saturated carbocycles. The fourth-order valence-electron chi connectivity index (χ4n) is 2.55. The van der Waals surface area contributed by atoms with Gasteiger partial charge in [-0.05, 0) is 18.9 Å². The average molecular weight is 314 g/mol. The standard InChI is InChI=1S/C19H22O4/c1-4-6-7-11-14-19(17(20)21,18(22)23-3)16(5-2)15-12-9-8-10-13-15/h4-13,16H,2,14H2,1,3H3,(H,20,21). The van der Waals surface area contributed by atoms with Gasteiger partial charge in [0.25, 0.3) is 0 Å². The number of carbonyl (C=O) groups excluding carboxylic acids is 1. The van der Waals surface area contributed by atoms with Gasteiger partial charge in [0.1, 0.15) is 0 Å². The van der Waals surface area contributed by atoms with Crippen molar-refractivity contribution < 1.29 is 19.4 Å². The van der Waals surface area contributed by atoms with E-state index in [1.807, 2.05) is 19.1 Å². The van der Waals surface area contributed by atoms with E-state index in [-0.39, 0.29) is 6.42 Å². The molecule has 0 heterocycles. The third-order valence-corrected chi connectivity index (χ3v) is 3.74. The van der Waals surface area contributed by atoms with Crippen LogP contribution in [0.3, 0.4) is 0 Å². The van der Waals surface area contributed by atoms with E-state index in [9.17, 15) is 14.7 Å². The van der Waals surface area contributed by atoms with Crippen molar-refractivity contribution in [3.8, 4) is 0 Å². The van der Waals surface area contributed by atoms with Crippen molar-refractivity contribution in [2.24, 2.45) is 5.41 Å². The van der Waals surface area contributed by atoms with Gasteiger partial charge in [0.15, 0.2) is 5.41 Å². The zero-order valence-electron chi connectivity index (χ0n) is 13.4. The Hall–Kier alpha value is -2.62. The quantitative estimate of drug-likeness (QED) is 0.344. The maximum absolute atomic E-state index is 12.4. The number of aliphatic carboxylic acids is 1. The van der Waals surface area contributed by atoms with Crippen molar-refractivity contribution in [3.05, 3.63) is 72.9 Å². The molecule has 0 spiro atoms. The molecule has 0 radical (unpaired) electrons. The lowest BCUT2D eigenvalue weighted by molar-refractivity contribution is -0.167. The van der Waals surface area contributed by atoms with E-state index in [0.717, 1.165) is 0 Å². The van der Waals surface area contributed by atoms with Crippen LogP contribution in [0.2, 0.25) is 0 Å². The van der Waals surface area contributed by atoms with Crippen LogP contribution in [-0.2, 0) is 14.3 Å². The topological polar surface area (TPSA) is 63.6 Å². The van der Waals surface area contributed by atoms with E-state index in [0.29, 0.717) is 5.56 Å². The lowest BCUT2D eigenvalue weighted by atomic mass is 9.69. The highest BCUT2D eigenvalue weighted by molar-refractivity contribution is 6.01. The molecule has 1 aromatic carbocycles. The van der Waals surface area contributed by atoms with Crippen molar-refractivity contribution in [2.75, 3.05) is 7.11 Å². The van der Waals surface area contributed by atoms with E-state index >= 15 is 0 Å². The Morgan fingerprint density at radius 2 is 1.96 bits per heavy atom. The Balaban J connectivity index is 3.43. The molecule has 2 atom stereocenters. The number of hydrogen-bond acceptors (Lipinski definition) is 3. The second kappa shape index (κ2) is 8.73. The highest BCUT2D eigenvalue weighted by atomic mass is 16.5. The highest BCUT2D eigenvalue weighted by Crippen LogP contribution is 2.42. The van der Waals surface area contributed by atoms with Crippen molar-refractivity contribution in [1.82, 2.24) is 0 Å². The summed E-state index contributed by atoms with van der Waals surface area (Å²) in [6, 6.07) is 8.98. The normalized spacial score (nSPS) is 15.2. The molecule has 2 unspecified atom stereocenters. The number of esters is 1. The molecular formula is C19H22O4. The molecule has 4 heteroatoms. The summed E-state index contributed by atoms with van der Waals surface area (Å²) in [5, 5.41) is 9.84. The molecule has 0 saturated heterocycles. The summed E-state index contributed by atoms with van der Waals surface area (Å²) in [6.45, 7) is 5.59. The molecule has 0 bridgehead atoms. The second-order valence-electron chi connectivity index (χ2n) is 5.05. The van der Waals surface area contributed by atoms with Crippen LogP contribution in [0, 0.1) is 5.41 Å². The van der Waals surface area contributed by atoms with Gasteiger partial charge in [-0.15, -0.1) is 6.58 Å². The Kier molecular flexibility index (Phi) is 7.00. The third kappa shape index (κ3) is 3.97. The highest BCUT2D eigenvalue weighted by Gasteiger charge is 2.52. The largest absolute Gasteiger partial charge is 0.480 e. The summed E-state index contributed by atoms with van der Waals surface area (Å²) in [6.07, 6.45) is 8.46. The third-order valence-electron chi connectivity index (χ3n) is 3.74. The number of benzene rings is 1. The van der Waals surface area contributed by atoms with E-state index in [4.69, 9.17) is 4.74 Å². The van der Waals surface area contributed by atoms with Gasteiger partial charge < -0.3 is 9.84 Å². The van der Waals surface area contributed by atoms with Gasteiger partial charge in [-0.3, -0.25) is 9.59 Å². The van der Waals surface area contributed by atoms with Gasteiger partial charge in [-0.1, -0.05) is 60.7 Å². The number of ether oxygens (including phenoxy) is 1. The van der Waals surface area contributed by atoms with Crippen LogP contribution in [-0.4, -0.2) is 24.2 Å². The molecule has 0 aliphatic heterocycles. The summed E-state index contributed by atoms with van der Waals surface area (Å²) < 4.78 is 4.82. The van der Waals surface area contributed by atoms with Crippen molar-refractivity contribution >= 4 is 11.9 Å². The number of methoxy groups -OCH3 is 1. The number of rotatable bonds is 8. The van der Waals surface area contributed by atoms with E-state index in [1.54, 1.807) is 42.5 Å². The SMILES string of the molecule is C=CC(c1ccccc1)C(CC=CC=CC)(C(=O)O)C(=O)OC. The number of carboxylic acid groups (broad SMARTS) is 1. The Morgan fingerprint density at radius 3 is 2.43 bits per heavy atom. The first-order valence-electron chi connectivity index (χ1n) is 7.31. The summed E-state index contributed by atoms with van der Waals surface area (Å²) in [7, 11) is 1.20. The van der Waals surface area contributed by atoms with Gasteiger partial charge >= 0.3 is 11.9 Å². The molecular weight excluding hydrogens is 292 g/mol. The zero-order valence-corrected chi connectivity index (χ0v) is 13.4. The molecule has 4 nitrogen and oxygen atoms in total. The van der Waals surface area contributed by atoms with Crippen molar-refractivity contribution in [3.63, 3.8) is 0 Å². The molecule has 1 N–H and O–H groups in total. The Bertz CT molecular complexity index is 601. The maximum Gasteiger partial charge on any atom is 0.324 e. The van der Waals surface area contributed by atoms with Gasteiger partial charge in [-0.2, -0.15) is 0 Å². The van der Waals surface area contributed by atoms with E-state index < -0.39 is 23.3 Å². The summed E-state index contributed by atoms with van der Waals surface area (Å²) >= 11 is 0. The fourth-order valence-corrected chi connectivity index (χ4v) is 2.55. The van der Waals surface area contributed by atoms with Crippen LogP contribution in [0.5, 0.6) is 0 Å². The van der Waals surface area contributed by atoms with Crippen LogP contribution in [0.15, 0.2) is 67.3 Å². The van der Waals surface area contributed by atoms with Gasteiger partial charge in [-0.25, -0.2) is 0 Å². The van der Waals surface area contributed by atoms with Gasteiger partial charge in [0, 0.05) is 5.92 Å². The van der Waals surface area contributed by atoms with Crippen LogP contribution >= 0.6 is 0 Å². The molecule has 1 aromatic rings. The minimum Gasteiger partial charge on any atom is -0.480 e. The van der Waals surface area contributed by atoms with Crippen LogP contribution in [0.25, 0.3) is 0 Å². The zero-order chi connectivity index (χ0) is 17.3. The first-order valence-corrected chi connectivity index (χ1v) is 7.31. The van der Waals surface area contributed by atoms with Crippen LogP contribution in [0.4, 0.5) is 0 Å². The van der Waals surface area contributed by atoms with Crippen molar-refractivity contribution in [1.29, 1.82) is 0 Å².